The molecule has 0 atom stereocenters. The maximum absolute atomic E-state index is 5.97. The van der Waals surface area contributed by atoms with Crippen molar-refractivity contribution in [3.05, 3.63) is 56.2 Å². The molecule has 0 unspecified atom stereocenters. The van der Waals surface area contributed by atoms with E-state index in [2.05, 4.69) is 4.98 Å². The van der Waals surface area contributed by atoms with Gasteiger partial charge < -0.3 is 4.74 Å². The van der Waals surface area contributed by atoms with Gasteiger partial charge in [0.1, 0.15) is 22.7 Å². The van der Waals surface area contributed by atoms with Gasteiger partial charge in [-0.05, 0) is 24.3 Å². The molecule has 18 heavy (non-hydrogen) atoms. The van der Waals surface area contributed by atoms with Crippen LogP contribution in [0.1, 0.15) is 5.56 Å². The Morgan fingerprint density at radius 1 is 1.00 bits per heavy atom. The molecular formula is C12H7Cl4NO. The Balaban J connectivity index is 2.13. The van der Waals surface area contributed by atoms with Gasteiger partial charge >= 0.3 is 0 Å². The molecule has 1 aromatic carbocycles. The van der Waals surface area contributed by atoms with Crippen LogP contribution in [0.5, 0.6) is 5.75 Å². The van der Waals surface area contributed by atoms with Gasteiger partial charge in [0, 0.05) is 16.7 Å². The van der Waals surface area contributed by atoms with E-state index in [0.29, 0.717) is 26.1 Å². The summed E-state index contributed by atoms with van der Waals surface area (Å²) in [5, 5.41) is 1.68. The van der Waals surface area contributed by atoms with Crippen molar-refractivity contribution in [2.24, 2.45) is 0 Å². The minimum absolute atomic E-state index is 0.239. The summed E-state index contributed by atoms with van der Waals surface area (Å²) in [6, 6.07) is 8.39. The molecule has 0 spiro atoms. The molecule has 1 aromatic heterocycles. The first-order valence-electron chi connectivity index (χ1n) is 4.95. The maximum Gasteiger partial charge on any atom is 0.139 e. The molecular weight excluding hydrogens is 316 g/mol. The topological polar surface area (TPSA) is 22.1 Å². The molecule has 0 aliphatic rings. The quantitative estimate of drug-likeness (QED) is 0.718. The van der Waals surface area contributed by atoms with Crippen LogP contribution >= 0.6 is 46.4 Å². The predicted molar refractivity (Wildman–Crippen MR) is 75.1 cm³/mol. The monoisotopic (exact) mass is 321 g/mol. The molecule has 0 aliphatic carbocycles. The van der Waals surface area contributed by atoms with Crippen LogP contribution in [0.15, 0.2) is 30.3 Å². The van der Waals surface area contributed by atoms with Gasteiger partial charge in [0.2, 0.25) is 0 Å². The Labute approximate surface area is 124 Å². The van der Waals surface area contributed by atoms with Crippen molar-refractivity contribution < 1.29 is 4.74 Å². The van der Waals surface area contributed by atoms with Crippen LogP contribution in [0.25, 0.3) is 0 Å². The molecule has 2 aromatic rings. The van der Waals surface area contributed by atoms with Gasteiger partial charge in [0.15, 0.2) is 0 Å². The lowest BCUT2D eigenvalue weighted by molar-refractivity contribution is 0.306. The average Bonchev–Trinajstić information content (AvgIpc) is 2.32. The van der Waals surface area contributed by atoms with Crippen molar-refractivity contribution in [3.8, 4) is 5.75 Å². The average molecular weight is 323 g/mol. The number of rotatable bonds is 3. The van der Waals surface area contributed by atoms with Crippen LogP contribution in [0.4, 0.5) is 0 Å². The Bertz CT molecular complexity index is 574. The summed E-state index contributed by atoms with van der Waals surface area (Å²) in [5.41, 5.74) is 0.720. The fourth-order valence-electron chi connectivity index (χ4n) is 1.29. The minimum atomic E-state index is 0.239. The summed E-state index contributed by atoms with van der Waals surface area (Å²) >= 11 is 23.5. The van der Waals surface area contributed by atoms with Crippen LogP contribution in [0.3, 0.4) is 0 Å². The smallest absolute Gasteiger partial charge is 0.139 e. The summed E-state index contributed by atoms with van der Waals surface area (Å²) in [4.78, 5) is 3.92. The lowest BCUT2D eigenvalue weighted by atomic mass is 10.3. The van der Waals surface area contributed by atoms with E-state index in [0.717, 1.165) is 5.56 Å². The van der Waals surface area contributed by atoms with E-state index < -0.39 is 0 Å². The van der Waals surface area contributed by atoms with Crippen molar-refractivity contribution >= 4 is 46.4 Å². The number of nitrogens with zero attached hydrogens (tertiary/aromatic N) is 1. The molecule has 0 N–H and O–H groups in total. The van der Waals surface area contributed by atoms with E-state index in [1.165, 1.54) is 0 Å². The third kappa shape index (κ3) is 3.42. The van der Waals surface area contributed by atoms with Gasteiger partial charge in [-0.1, -0.05) is 46.4 Å². The van der Waals surface area contributed by atoms with E-state index in [4.69, 9.17) is 51.1 Å². The zero-order chi connectivity index (χ0) is 13.1. The van der Waals surface area contributed by atoms with Crippen molar-refractivity contribution in [1.29, 1.82) is 0 Å². The summed E-state index contributed by atoms with van der Waals surface area (Å²) in [7, 11) is 0. The van der Waals surface area contributed by atoms with E-state index in [-0.39, 0.29) is 6.61 Å². The molecule has 0 saturated heterocycles. The molecule has 0 amide bonds. The van der Waals surface area contributed by atoms with Gasteiger partial charge in [-0.2, -0.15) is 0 Å². The van der Waals surface area contributed by atoms with Crippen LogP contribution in [-0.4, -0.2) is 4.98 Å². The number of benzene rings is 1. The van der Waals surface area contributed by atoms with Gasteiger partial charge in [-0.15, -0.1) is 0 Å². The Kier molecular flexibility index (Phi) is 4.57. The summed E-state index contributed by atoms with van der Waals surface area (Å²) in [6.45, 7) is 0.239. The van der Waals surface area contributed by atoms with E-state index in [9.17, 15) is 0 Å². The number of hydrogen-bond donors (Lipinski definition) is 0. The van der Waals surface area contributed by atoms with Gasteiger partial charge in [-0.3, -0.25) is 0 Å². The first-order valence-corrected chi connectivity index (χ1v) is 6.46. The third-order valence-electron chi connectivity index (χ3n) is 2.17. The fraction of sp³-hybridized carbons (Fsp3) is 0.0833. The predicted octanol–water partition coefficient (Wildman–Crippen LogP) is 5.27. The highest BCUT2D eigenvalue weighted by Crippen LogP contribution is 2.29. The SMILES string of the molecule is Clc1ccc(Cl)c(OCc2ccc(Cl)nc2Cl)c1. The molecule has 1 heterocycles. The second-order valence-corrected chi connectivity index (χ2v) is 5.04. The summed E-state index contributed by atoms with van der Waals surface area (Å²) < 4.78 is 5.54. The number of hydrogen-bond acceptors (Lipinski definition) is 2. The number of aromatic nitrogens is 1. The second-order valence-electron chi connectivity index (χ2n) is 3.45. The largest absolute Gasteiger partial charge is 0.487 e. The first kappa shape index (κ1) is 13.8. The molecule has 94 valence electrons. The van der Waals surface area contributed by atoms with Crippen molar-refractivity contribution in [2.45, 2.75) is 6.61 Å². The van der Waals surface area contributed by atoms with E-state index in [1.54, 1.807) is 30.3 Å². The molecule has 2 nitrogen and oxygen atoms in total. The van der Waals surface area contributed by atoms with Crippen LogP contribution in [0.2, 0.25) is 20.4 Å². The summed E-state index contributed by atoms with van der Waals surface area (Å²) in [6.07, 6.45) is 0. The molecule has 0 fully saturated rings. The highest BCUT2D eigenvalue weighted by Gasteiger charge is 2.06. The van der Waals surface area contributed by atoms with Crippen LogP contribution in [-0.2, 0) is 6.61 Å². The molecule has 0 bridgehead atoms. The highest BCUT2D eigenvalue weighted by molar-refractivity contribution is 6.34. The number of pyridine rings is 1. The number of ether oxygens (including phenoxy) is 1. The van der Waals surface area contributed by atoms with Crippen molar-refractivity contribution in [2.75, 3.05) is 0 Å². The van der Waals surface area contributed by atoms with Crippen molar-refractivity contribution in [3.63, 3.8) is 0 Å². The Morgan fingerprint density at radius 2 is 1.78 bits per heavy atom. The fourth-order valence-corrected chi connectivity index (χ4v) is 2.03. The molecule has 2 rings (SSSR count). The zero-order valence-electron chi connectivity index (χ0n) is 8.96. The molecule has 0 radical (unpaired) electrons. The zero-order valence-corrected chi connectivity index (χ0v) is 12.0. The summed E-state index contributed by atoms with van der Waals surface area (Å²) in [5.74, 6) is 0.496. The van der Waals surface area contributed by atoms with Crippen LogP contribution < -0.4 is 4.74 Å². The lowest BCUT2D eigenvalue weighted by Crippen LogP contribution is -1.98. The van der Waals surface area contributed by atoms with E-state index >= 15 is 0 Å². The van der Waals surface area contributed by atoms with E-state index in [1.807, 2.05) is 0 Å². The van der Waals surface area contributed by atoms with Crippen molar-refractivity contribution in [1.82, 2.24) is 4.98 Å². The third-order valence-corrected chi connectivity index (χ3v) is 3.25. The normalized spacial score (nSPS) is 10.4. The van der Waals surface area contributed by atoms with Gasteiger partial charge in [0.25, 0.3) is 0 Å². The standard InChI is InChI=1S/C12H7Cl4NO/c13-8-2-3-9(14)10(5-8)18-6-7-1-4-11(15)17-12(7)16/h1-5H,6H2. The second kappa shape index (κ2) is 5.98. The Hall–Kier alpha value is -0.670. The molecule has 6 heteroatoms. The first-order chi connectivity index (χ1) is 8.56. The number of halogens is 4. The van der Waals surface area contributed by atoms with Gasteiger partial charge in [0.05, 0.1) is 5.02 Å². The lowest BCUT2D eigenvalue weighted by Gasteiger charge is -2.09. The highest BCUT2D eigenvalue weighted by atomic mass is 35.5. The minimum Gasteiger partial charge on any atom is -0.487 e. The molecule has 0 aliphatic heterocycles. The Morgan fingerprint density at radius 3 is 2.50 bits per heavy atom. The maximum atomic E-state index is 5.97. The molecule has 0 saturated carbocycles. The van der Waals surface area contributed by atoms with Gasteiger partial charge in [-0.25, -0.2) is 4.98 Å². The van der Waals surface area contributed by atoms with Crippen LogP contribution in [0, 0.1) is 0 Å².